The van der Waals surface area contributed by atoms with Crippen molar-refractivity contribution in [2.75, 3.05) is 39.3 Å². The first kappa shape index (κ1) is 17.7. The molecule has 5 heteroatoms. The summed E-state index contributed by atoms with van der Waals surface area (Å²) in [4.78, 5) is 19.5. The molecule has 0 saturated carbocycles. The number of amides is 1. The highest BCUT2D eigenvalue weighted by molar-refractivity contribution is 6.31. The molecule has 2 fully saturated rings. The van der Waals surface area contributed by atoms with Crippen molar-refractivity contribution in [2.24, 2.45) is 0 Å². The Labute approximate surface area is 150 Å². The van der Waals surface area contributed by atoms with Gasteiger partial charge in [-0.1, -0.05) is 36.7 Å². The van der Waals surface area contributed by atoms with Crippen LogP contribution in [0.5, 0.6) is 0 Å². The third kappa shape index (κ3) is 4.29. The summed E-state index contributed by atoms with van der Waals surface area (Å²) in [5.41, 5.74) is 1.04. The molecule has 3 rings (SSSR count). The Bertz CT molecular complexity index is 557. The number of benzene rings is 1. The van der Waals surface area contributed by atoms with E-state index in [0.717, 1.165) is 36.8 Å². The van der Waals surface area contributed by atoms with Crippen molar-refractivity contribution in [2.45, 2.75) is 38.8 Å². The van der Waals surface area contributed by atoms with Gasteiger partial charge in [-0.05, 0) is 44.1 Å². The van der Waals surface area contributed by atoms with E-state index in [1.165, 1.54) is 25.9 Å². The largest absolute Gasteiger partial charge is 0.337 e. The Morgan fingerprint density at radius 1 is 1.08 bits per heavy atom. The van der Waals surface area contributed by atoms with Crippen LogP contribution in [0.15, 0.2) is 24.3 Å². The third-order valence-electron chi connectivity index (χ3n) is 5.46. The maximum atomic E-state index is 12.5. The number of carbonyl (C=O) groups is 1. The Kier molecular flexibility index (Phi) is 6.14. The van der Waals surface area contributed by atoms with Crippen LogP contribution in [-0.2, 0) is 11.3 Å². The quantitative estimate of drug-likeness (QED) is 0.836. The number of nitrogens with zero attached hydrogens (tertiary/aromatic N) is 3. The molecule has 0 radical (unpaired) electrons. The van der Waals surface area contributed by atoms with Crippen molar-refractivity contribution >= 4 is 17.5 Å². The van der Waals surface area contributed by atoms with Crippen LogP contribution >= 0.6 is 11.6 Å². The van der Waals surface area contributed by atoms with Crippen LogP contribution in [-0.4, -0.2) is 65.9 Å². The van der Waals surface area contributed by atoms with Gasteiger partial charge in [0.1, 0.15) is 0 Å². The molecule has 0 unspecified atom stereocenters. The average molecular weight is 350 g/mol. The lowest BCUT2D eigenvalue weighted by atomic mass is 10.0. The van der Waals surface area contributed by atoms with E-state index < -0.39 is 0 Å². The molecule has 2 aliphatic rings. The summed E-state index contributed by atoms with van der Waals surface area (Å²) in [6.07, 6.45) is 3.08. The first-order valence-electron chi connectivity index (χ1n) is 9.15. The van der Waals surface area contributed by atoms with Gasteiger partial charge >= 0.3 is 0 Å². The molecule has 0 atom stereocenters. The number of hydrogen-bond acceptors (Lipinski definition) is 3. The molecule has 132 valence electrons. The van der Waals surface area contributed by atoms with Gasteiger partial charge in [0, 0.05) is 43.7 Å². The molecule has 4 nitrogen and oxygen atoms in total. The summed E-state index contributed by atoms with van der Waals surface area (Å²) < 4.78 is 0. The number of rotatable bonds is 4. The summed E-state index contributed by atoms with van der Waals surface area (Å²) in [7, 11) is 0. The molecule has 1 amide bonds. The molecule has 0 N–H and O–H groups in total. The van der Waals surface area contributed by atoms with Crippen LogP contribution < -0.4 is 0 Å². The maximum Gasteiger partial charge on any atom is 0.224 e. The minimum atomic E-state index is 0.253. The number of hydrogen-bond donors (Lipinski definition) is 0. The molecule has 2 heterocycles. The number of likely N-dealkylation sites (tertiary alicyclic amines) is 1. The van der Waals surface area contributed by atoms with Gasteiger partial charge in [0.2, 0.25) is 5.91 Å². The van der Waals surface area contributed by atoms with Gasteiger partial charge in [0.15, 0.2) is 0 Å². The van der Waals surface area contributed by atoms with Crippen molar-refractivity contribution in [1.29, 1.82) is 0 Å². The molecule has 0 aromatic heterocycles. The molecule has 0 bridgehead atoms. The van der Waals surface area contributed by atoms with E-state index in [9.17, 15) is 4.79 Å². The summed E-state index contributed by atoms with van der Waals surface area (Å²) in [5, 5.41) is 0.748. The van der Waals surface area contributed by atoms with E-state index in [0.29, 0.717) is 19.0 Å². The average Bonchev–Trinajstić information content (AvgIpc) is 2.79. The van der Waals surface area contributed by atoms with Crippen molar-refractivity contribution in [3.63, 3.8) is 0 Å². The fourth-order valence-electron chi connectivity index (χ4n) is 3.85. The summed E-state index contributed by atoms with van der Waals surface area (Å²) >= 11 is 6.26. The van der Waals surface area contributed by atoms with Crippen molar-refractivity contribution in [3.8, 4) is 0 Å². The van der Waals surface area contributed by atoms with Crippen molar-refractivity contribution < 1.29 is 4.79 Å². The minimum Gasteiger partial charge on any atom is -0.337 e. The van der Waals surface area contributed by atoms with Gasteiger partial charge in [-0.2, -0.15) is 0 Å². The molecule has 2 saturated heterocycles. The molecular formula is C19H28ClN3O. The zero-order chi connectivity index (χ0) is 16.9. The molecule has 0 spiro atoms. The van der Waals surface area contributed by atoms with Crippen LogP contribution in [0, 0.1) is 0 Å². The van der Waals surface area contributed by atoms with Gasteiger partial charge in [-0.25, -0.2) is 0 Å². The van der Waals surface area contributed by atoms with Crippen LogP contribution in [0.2, 0.25) is 5.02 Å². The van der Waals surface area contributed by atoms with E-state index in [1.807, 2.05) is 29.2 Å². The summed E-state index contributed by atoms with van der Waals surface area (Å²) in [6.45, 7) is 9.07. The number of carbonyl (C=O) groups excluding carboxylic acids is 1. The normalized spacial score (nSPS) is 21.9. The second kappa shape index (κ2) is 8.32. The van der Waals surface area contributed by atoms with E-state index >= 15 is 0 Å². The van der Waals surface area contributed by atoms with Gasteiger partial charge in [-0.15, -0.1) is 0 Å². The third-order valence-corrected chi connectivity index (χ3v) is 5.83. The lowest BCUT2D eigenvalue weighted by Gasteiger charge is -2.37. The van der Waals surface area contributed by atoms with Crippen LogP contribution in [0.25, 0.3) is 0 Å². The zero-order valence-corrected chi connectivity index (χ0v) is 15.3. The van der Waals surface area contributed by atoms with Crippen LogP contribution in [0.3, 0.4) is 0 Å². The fourth-order valence-corrected chi connectivity index (χ4v) is 4.04. The highest BCUT2D eigenvalue weighted by atomic mass is 35.5. The van der Waals surface area contributed by atoms with Crippen molar-refractivity contribution in [1.82, 2.24) is 14.7 Å². The molecule has 0 aliphatic carbocycles. The summed E-state index contributed by atoms with van der Waals surface area (Å²) in [5.74, 6) is 0.253. The Balaban J connectivity index is 1.57. The second-order valence-electron chi connectivity index (χ2n) is 6.86. The predicted octanol–water partition coefficient (Wildman–Crippen LogP) is 2.86. The second-order valence-corrected chi connectivity index (χ2v) is 7.27. The Morgan fingerprint density at radius 2 is 1.83 bits per heavy atom. The van der Waals surface area contributed by atoms with Gasteiger partial charge in [0.05, 0.1) is 0 Å². The van der Waals surface area contributed by atoms with Gasteiger partial charge < -0.3 is 9.80 Å². The monoisotopic (exact) mass is 349 g/mol. The molecule has 2 aliphatic heterocycles. The van der Waals surface area contributed by atoms with Crippen LogP contribution in [0.4, 0.5) is 0 Å². The maximum absolute atomic E-state index is 12.5. The van der Waals surface area contributed by atoms with E-state index in [2.05, 4.69) is 16.7 Å². The molecular weight excluding hydrogens is 322 g/mol. The lowest BCUT2D eigenvalue weighted by molar-refractivity contribution is -0.130. The fraction of sp³-hybridized carbons (Fsp3) is 0.632. The predicted molar refractivity (Wildman–Crippen MR) is 98.2 cm³/mol. The Morgan fingerprint density at radius 3 is 2.54 bits per heavy atom. The SMILES string of the molecule is CCN1CCC(N2CCC(=O)N(Cc3ccccc3Cl)CC2)CC1. The van der Waals surface area contributed by atoms with E-state index in [-0.39, 0.29) is 5.91 Å². The number of halogens is 1. The van der Waals surface area contributed by atoms with Gasteiger partial charge in [0.25, 0.3) is 0 Å². The molecule has 24 heavy (non-hydrogen) atoms. The first-order chi connectivity index (χ1) is 11.7. The Hall–Kier alpha value is -1.10. The number of piperidine rings is 1. The smallest absolute Gasteiger partial charge is 0.224 e. The summed E-state index contributed by atoms with van der Waals surface area (Å²) in [6, 6.07) is 8.46. The van der Waals surface area contributed by atoms with Crippen molar-refractivity contribution in [3.05, 3.63) is 34.9 Å². The molecule has 1 aromatic carbocycles. The first-order valence-corrected chi connectivity index (χ1v) is 9.52. The molecule has 1 aromatic rings. The zero-order valence-electron chi connectivity index (χ0n) is 14.6. The van der Waals surface area contributed by atoms with E-state index in [4.69, 9.17) is 11.6 Å². The van der Waals surface area contributed by atoms with Gasteiger partial charge in [-0.3, -0.25) is 9.69 Å². The topological polar surface area (TPSA) is 26.8 Å². The standard InChI is InChI=1S/C19H28ClN3O/c1-2-21-10-7-17(8-11-21)22-12-9-19(24)23(14-13-22)15-16-5-3-4-6-18(16)20/h3-6,17H,2,7-15H2,1H3. The lowest BCUT2D eigenvalue weighted by Crippen LogP contribution is -2.46. The van der Waals surface area contributed by atoms with Crippen LogP contribution in [0.1, 0.15) is 31.7 Å². The minimum absolute atomic E-state index is 0.253. The van der Waals surface area contributed by atoms with E-state index in [1.54, 1.807) is 0 Å². The highest BCUT2D eigenvalue weighted by Gasteiger charge is 2.28. The highest BCUT2D eigenvalue weighted by Crippen LogP contribution is 2.21.